The van der Waals surface area contributed by atoms with Gasteiger partial charge in [0.25, 0.3) is 0 Å². The first-order valence-corrected chi connectivity index (χ1v) is 3.97. The van der Waals surface area contributed by atoms with E-state index in [2.05, 4.69) is 10.6 Å². The van der Waals surface area contributed by atoms with Crippen LogP contribution < -0.4 is 16.4 Å². The first-order chi connectivity index (χ1) is 5.68. The molecule has 1 saturated carbocycles. The highest BCUT2D eigenvalue weighted by molar-refractivity contribution is 5.80. The average molecular weight is 171 g/mol. The smallest absolute Gasteiger partial charge is 0.234 e. The van der Waals surface area contributed by atoms with E-state index < -0.39 is 5.91 Å². The summed E-state index contributed by atoms with van der Waals surface area (Å²) in [6.07, 6.45) is 2.14. The molecule has 1 fully saturated rings. The van der Waals surface area contributed by atoms with Gasteiger partial charge < -0.3 is 11.1 Å². The third-order valence-corrected chi connectivity index (χ3v) is 1.53. The molecule has 2 amide bonds. The van der Waals surface area contributed by atoms with Crippen LogP contribution in [0.3, 0.4) is 0 Å². The minimum Gasteiger partial charge on any atom is -0.369 e. The van der Waals surface area contributed by atoms with Crippen molar-refractivity contribution >= 4 is 11.8 Å². The Balaban J connectivity index is 1.97. The number of nitrogens with one attached hydrogen (secondary N) is 2. The van der Waals surface area contributed by atoms with Crippen molar-refractivity contribution in [3.05, 3.63) is 0 Å². The van der Waals surface area contributed by atoms with Crippen molar-refractivity contribution in [3.8, 4) is 0 Å². The van der Waals surface area contributed by atoms with Gasteiger partial charge in [-0.3, -0.25) is 14.9 Å². The second-order valence-electron chi connectivity index (χ2n) is 2.91. The molecule has 5 heteroatoms. The molecule has 0 atom stereocenters. The van der Waals surface area contributed by atoms with Gasteiger partial charge in [-0.2, -0.15) is 0 Å². The monoisotopic (exact) mass is 171 g/mol. The first-order valence-electron chi connectivity index (χ1n) is 3.97. The van der Waals surface area contributed by atoms with Crippen molar-refractivity contribution in [3.63, 3.8) is 0 Å². The lowest BCUT2D eigenvalue weighted by atomic mass is 10.5. The molecular formula is C7H13N3O2. The van der Waals surface area contributed by atoms with E-state index in [0.29, 0.717) is 6.04 Å². The van der Waals surface area contributed by atoms with E-state index in [-0.39, 0.29) is 19.0 Å². The summed E-state index contributed by atoms with van der Waals surface area (Å²) < 4.78 is 0. The van der Waals surface area contributed by atoms with Crippen LogP contribution in [0.25, 0.3) is 0 Å². The highest BCUT2D eigenvalue weighted by Crippen LogP contribution is 2.17. The lowest BCUT2D eigenvalue weighted by molar-refractivity contribution is -0.120. The molecule has 0 aromatic heterocycles. The Morgan fingerprint density at radius 1 is 1.33 bits per heavy atom. The van der Waals surface area contributed by atoms with Crippen LogP contribution in [-0.4, -0.2) is 30.9 Å². The summed E-state index contributed by atoms with van der Waals surface area (Å²) in [7, 11) is 0. The second kappa shape index (κ2) is 4.06. The fraction of sp³-hybridized carbons (Fsp3) is 0.714. The van der Waals surface area contributed by atoms with Crippen molar-refractivity contribution in [2.45, 2.75) is 18.9 Å². The van der Waals surface area contributed by atoms with Crippen LogP contribution >= 0.6 is 0 Å². The summed E-state index contributed by atoms with van der Waals surface area (Å²) in [4.78, 5) is 21.2. The number of hydrogen-bond donors (Lipinski definition) is 3. The van der Waals surface area contributed by atoms with Crippen molar-refractivity contribution in [2.75, 3.05) is 13.1 Å². The molecule has 0 aromatic carbocycles. The molecule has 0 radical (unpaired) electrons. The summed E-state index contributed by atoms with van der Waals surface area (Å²) in [5, 5.41) is 5.41. The largest absolute Gasteiger partial charge is 0.369 e. The maximum Gasteiger partial charge on any atom is 0.234 e. The quantitative estimate of drug-likeness (QED) is 0.463. The molecule has 0 spiro atoms. The highest BCUT2D eigenvalue weighted by Gasteiger charge is 2.22. The molecule has 68 valence electrons. The first kappa shape index (κ1) is 8.99. The predicted octanol–water partition coefficient (Wildman–Crippen LogP) is -1.66. The lowest BCUT2D eigenvalue weighted by Gasteiger charge is -2.02. The normalized spacial score (nSPS) is 15.7. The van der Waals surface area contributed by atoms with E-state index in [9.17, 15) is 9.59 Å². The van der Waals surface area contributed by atoms with E-state index in [1.807, 2.05) is 0 Å². The second-order valence-corrected chi connectivity index (χ2v) is 2.91. The van der Waals surface area contributed by atoms with Crippen molar-refractivity contribution in [2.24, 2.45) is 5.73 Å². The molecule has 0 heterocycles. The van der Waals surface area contributed by atoms with Gasteiger partial charge in [0.1, 0.15) is 0 Å². The Bertz CT molecular complexity index is 189. The molecular weight excluding hydrogens is 158 g/mol. The van der Waals surface area contributed by atoms with Crippen LogP contribution in [0, 0.1) is 0 Å². The zero-order valence-electron chi connectivity index (χ0n) is 6.80. The maximum atomic E-state index is 10.9. The van der Waals surface area contributed by atoms with Gasteiger partial charge in [0.05, 0.1) is 13.1 Å². The van der Waals surface area contributed by atoms with Crippen LogP contribution in [0.2, 0.25) is 0 Å². The van der Waals surface area contributed by atoms with Gasteiger partial charge in [-0.15, -0.1) is 0 Å². The minimum absolute atomic E-state index is 0.0537. The molecule has 4 N–H and O–H groups in total. The van der Waals surface area contributed by atoms with Crippen LogP contribution in [0.1, 0.15) is 12.8 Å². The number of rotatable bonds is 5. The Hall–Kier alpha value is -1.10. The lowest BCUT2D eigenvalue weighted by Crippen LogP contribution is -2.38. The maximum absolute atomic E-state index is 10.9. The summed E-state index contributed by atoms with van der Waals surface area (Å²) in [5.74, 6) is -0.520. The van der Waals surface area contributed by atoms with E-state index in [0.717, 1.165) is 12.8 Å². The van der Waals surface area contributed by atoms with Gasteiger partial charge in [0.15, 0.2) is 0 Å². The van der Waals surface area contributed by atoms with Gasteiger partial charge in [-0.25, -0.2) is 0 Å². The molecule has 1 aliphatic rings. The summed E-state index contributed by atoms with van der Waals surface area (Å²) >= 11 is 0. The molecule has 1 aliphatic carbocycles. The number of nitrogens with two attached hydrogens (primary N) is 1. The SMILES string of the molecule is NC(=O)CNCC(=O)NC1CC1. The molecule has 0 aromatic rings. The highest BCUT2D eigenvalue weighted by atomic mass is 16.2. The van der Waals surface area contributed by atoms with Gasteiger partial charge in [0.2, 0.25) is 11.8 Å². The van der Waals surface area contributed by atoms with E-state index in [1.165, 1.54) is 0 Å². The number of hydrogen-bond acceptors (Lipinski definition) is 3. The van der Waals surface area contributed by atoms with Crippen molar-refractivity contribution < 1.29 is 9.59 Å². The molecule has 5 nitrogen and oxygen atoms in total. The van der Waals surface area contributed by atoms with Crippen LogP contribution in [0.5, 0.6) is 0 Å². The fourth-order valence-electron chi connectivity index (χ4n) is 0.806. The summed E-state index contributed by atoms with van der Waals surface area (Å²) in [5.41, 5.74) is 4.86. The van der Waals surface area contributed by atoms with Gasteiger partial charge in [-0.05, 0) is 12.8 Å². The Labute approximate surface area is 70.7 Å². The van der Waals surface area contributed by atoms with E-state index in [4.69, 9.17) is 5.73 Å². The van der Waals surface area contributed by atoms with E-state index >= 15 is 0 Å². The molecule has 0 bridgehead atoms. The molecule has 0 saturated heterocycles. The Morgan fingerprint density at radius 2 is 2.00 bits per heavy atom. The number of carbonyl (C=O) groups is 2. The van der Waals surface area contributed by atoms with Gasteiger partial charge in [0, 0.05) is 6.04 Å². The number of amides is 2. The minimum atomic E-state index is -0.450. The average Bonchev–Trinajstić information content (AvgIpc) is 2.70. The van der Waals surface area contributed by atoms with Gasteiger partial charge in [-0.1, -0.05) is 0 Å². The van der Waals surface area contributed by atoms with Crippen LogP contribution in [0.4, 0.5) is 0 Å². The number of primary amides is 1. The summed E-state index contributed by atoms with van der Waals surface area (Å²) in [6.45, 7) is 0.220. The Kier molecular flexibility index (Phi) is 3.04. The molecule has 0 aliphatic heterocycles. The zero-order chi connectivity index (χ0) is 8.97. The Morgan fingerprint density at radius 3 is 2.50 bits per heavy atom. The third kappa shape index (κ3) is 3.92. The van der Waals surface area contributed by atoms with Crippen molar-refractivity contribution in [1.29, 1.82) is 0 Å². The zero-order valence-corrected chi connectivity index (χ0v) is 6.80. The number of carbonyl (C=O) groups excluding carboxylic acids is 2. The van der Waals surface area contributed by atoms with Gasteiger partial charge >= 0.3 is 0 Å². The standard InChI is InChI=1S/C7H13N3O2/c8-6(11)3-9-4-7(12)10-5-1-2-5/h5,9H,1-4H2,(H2,8,11)(H,10,12). The van der Waals surface area contributed by atoms with Crippen molar-refractivity contribution in [1.82, 2.24) is 10.6 Å². The molecule has 1 rings (SSSR count). The van der Waals surface area contributed by atoms with E-state index in [1.54, 1.807) is 0 Å². The molecule has 0 unspecified atom stereocenters. The molecule has 12 heavy (non-hydrogen) atoms. The topological polar surface area (TPSA) is 84.2 Å². The fourth-order valence-corrected chi connectivity index (χ4v) is 0.806. The third-order valence-electron chi connectivity index (χ3n) is 1.53. The predicted molar refractivity (Wildman–Crippen MR) is 43.2 cm³/mol. The van der Waals surface area contributed by atoms with Crippen LogP contribution in [0.15, 0.2) is 0 Å². The van der Waals surface area contributed by atoms with Crippen LogP contribution in [-0.2, 0) is 9.59 Å². The summed E-state index contributed by atoms with van der Waals surface area (Å²) in [6, 6.07) is 0.368.